The van der Waals surface area contributed by atoms with E-state index in [2.05, 4.69) is 5.32 Å². The Kier molecular flexibility index (Phi) is 7.18. The molecule has 0 aromatic heterocycles. The van der Waals surface area contributed by atoms with Crippen molar-refractivity contribution in [3.63, 3.8) is 0 Å². The molecular weight excluding hydrogens is 452 g/mol. The third-order valence-corrected chi connectivity index (χ3v) is 5.50. The standard InChI is InChI=1S/C23H21F6NO3/c24-22(25,26)17-8-3-1-6-15(17)19(16-7-2-4-9-18(16)23(27,28)29)33-13-11-21(20(31)32)10-5-12-30-14-21/h1-10,19,30H,11-14H2,(H,31,32). The molecule has 2 aromatic carbocycles. The van der Waals surface area contributed by atoms with Crippen molar-refractivity contribution in [2.75, 3.05) is 19.7 Å². The molecule has 10 heteroatoms. The van der Waals surface area contributed by atoms with Gasteiger partial charge in [0.2, 0.25) is 0 Å². The van der Waals surface area contributed by atoms with Crippen molar-refractivity contribution < 1.29 is 41.0 Å². The summed E-state index contributed by atoms with van der Waals surface area (Å²) in [4.78, 5) is 11.8. The molecule has 0 spiro atoms. The van der Waals surface area contributed by atoms with Crippen molar-refractivity contribution in [2.45, 2.75) is 24.9 Å². The van der Waals surface area contributed by atoms with Gasteiger partial charge >= 0.3 is 18.3 Å². The van der Waals surface area contributed by atoms with Crippen LogP contribution in [0.2, 0.25) is 0 Å². The van der Waals surface area contributed by atoms with E-state index in [-0.39, 0.29) is 19.6 Å². The smallest absolute Gasteiger partial charge is 0.416 e. The first-order valence-electron chi connectivity index (χ1n) is 10.0. The predicted octanol–water partition coefficient (Wildman–Crippen LogP) is 5.45. The molecule has 0 bridgehead atoms. The Balaban J connectivity index is 2.03. The van der Waals surface area contributed by atoms with E-state index in [9.17, 15) is 36.2 Å². The minimum absolute atomic E-state index is 0.0607. The third kappa shape index (κ3) is 5.56. The number of aliphatic carboxylic acids is 1. The van der Waals surface area contributed by atoms with Gasteiger partial charge in [0.25, 0.3) is 0 Å². The number of halogens is 6. The average Bonchev–Trinajstić information content (AvgIpc) is 2.76. The molecule has 1 heterocycles. The number of hydrogen-bond acceptors (Lipinski definition) is 3. The Morgan fingerprint density at radius 1 is 0.970 bits per heavy atom. The van der Waals surface area contributed by atoms with E-state index in [1.165, 1.54) is 18.2 Å². The maximum absolute atomic E-state index is 13.7. The van der Waals surface area contributed by atoms with Crippen LogP contribution in [0.5, 0.6) is 0 Å². The zero-order valence-corrected chi connectivity index (χ0v) is 17.2. The van der Waals surface area contributed by atoms with Crippen molar-refractivity contribution in [3.05, 3.63) is 82.9 Å². The second-order valence-corrected chi connectivity index (χ2v) is 7.67. The number of carboxylic acid groups (broad SMARTS) is 1. The van der Waals surface area contributed by atoms with E-state index in [4.69, 9.17) is 4.74 Å². The molecule has 2 aromatic rings. The Labute approximate surface area is 185 Å². The third-order valence-electron chi connectivity index (χ3n) is 5.50. The normalized spacial score (nSPS) is 19.1. The lowest BCUT2D eigenvalue weighted by atomic mass is 9.82. The van der Waals surface area contributed by atoms with E-state index in [0.717, 1.165) is 36.4 Å². The van der Waals surface area contributed by atoms with Gasteiger partial charge in [-0.15, -0.1) is 0 Å². The number of alkyl halides is 6. The number of rotatable bonds is 7. The summed E-state index contributed by atoms with van der Waals surface area (Å²) in [6, 6.07) is 8.51. The topological polar surface area (TPSA) is 58.6 Å². The first-order chi connectivity index (χ1) is 15.5. The highest BCUT2D eigenvalue weighted by atomic mass is 19.4. The molecule has 0 aliphatic carbocycles. The van der Waals surface area contributed by atoms with Crippen LogP contribution in [0.15, 0.2) is 60.7 Å². The number of ether oxygens (including phenoxy) is 1. The zero-order chi connectivity index (χ0) is 24.3. The van der Waals surface area contributed by atoms with Crippen LogP contribution in [0, 0.1) is 5.41 Å². The van der Waals surface area contributed by atoms with Crippen LogP contribution in [0.3, 0.4) is 0 Å². The van der Waals surface area contributed by atoms with Crippen LogP contribution in [0.4, 0.5) is 26.3 Å². The summed E-state index contributed by atoms with van der Waals surface area (Å²) >= 11 is 0. The van der Waals surface area contributed by atoms with Gasteiger partial charge in [-0.05, 0) is 29.7 Å². The summed E-state index contributed by atoms with van der Waals surface area (Å²) < 4.78 is 87.6. The molecule has 1 aliphatic heterocycles. The van der Waals surface area contributed by atoms with Gasteiger partial charge in [-0.3, -0.25) is 4.79 Å². The van der Waals surface area contributed by atoms with Gasteiger partial charge in [0.15, 0.2) is 0 Å². The predicted molar refractivity (Wildman–Crippen MR) is 107 cm³/mol. The fraction of sp³-hybridized carbons (Fsp3) is 0.348. The molecule has 0 amide bonds. The second-order valence-electron chi connectivity index (χ2n) is 7.67. The highest BCUT2D eigenvalue weighted by molar-refractivity contribution is 5.77. The fourth-order valence-corrected chi connectivity index (χ4v) is 3.82. The molecule has 0 fully saturated rings. The molecule has 33 heavy (non-hydrogen) atoms. The number of carbonyl (C=O) groups is 1. The minimum Gasteiger partial charge on any atom is -0.481 e. The highest BCUT2D eigenvalue weighted by Crippen LogP contribution is 2.42. The fourth-order valence-electron chi connectivity index (χ4n) is 3.82. The van der Waals surface area contributed by atoms with Crippen LogP contribution >= 0.6 is 0 Å². The molecule has 1 unspecified atom stereocenters. The van der Waals surface area contributed by atoms with Gasteiger partial charge in [-0.25, -0.2) is 0 Å². The quantitative estimate of drug-likeness (QED) is 0.415. The van der Waals surface area contributed by atoms with E-state index in [0.29, 0.717) is 6.54 Å². The highest BCUT2D eigenvalue weighted by Gasteiger charge is 2.41. The molecule has 3 rings (SSSR count). The zero-order valence-electron chi connectivity index (χ0n) is 17.2. The largest absolute Gasteiger partial charge is 0.481 e. The monoisotopic (exact) mass is 473 g/mol. The molecule has 178 valence electrons. The maximum atomic E-state index is 13.7. The van der Waals surface area contributed by atoms with Gasteiger partial charge in [-0.1, -0.05) is 48.6 Å². The Hall–Kier alpha value is -2.85. The average molecular weight is 473 g/mol. The molecule has 0 saturated heterocycles. The Bertz CT molecular complexity index is 960. The van der Waals surface area contributed by atoms with Crippen molar-refractivity contribution in [2.24, 2.45) is 5.41 Å². The summed E-state index contributed by atoms with van der Waals surface area (Å²) in [5.74, 6) is -1.17. The lowest BCUT2D eigenvalue weighted by molar-refractivity contribution is -0.147. The van der Waals surface area contributed by atoms with E-state index in [1.54, 1.807) is 6.08 Å². The lowest BCUT2D eigenvalue weighted by Crippen LogP contribution is -2.43. The number of benzene rings is 2. The minimum atomic E-state index is -4.83. The van der Waals surface area contributed by atoms with Gasteiger partial charge in [0.05, 0.1) is 11.1 Å². The molecule has 0 radical (unpaired) electrons. The number of carboxylic acids is 1. The first-order valence-corrected chi connectivity index (χ1v) is 10.0. The summed E-state index contributed by atoms with van der Waals surface area (Å²) in [7, 11) is 0. The molecule has 1 atom stereocenters. The number of hydrogen-bond donors (Lipinski definition) is 2. The van der Waals surface area contributed by atoms with Crippen LogP contribution in [-0.2, 0) is 21.9 Å². The molecule has 2 N–H and O–H groups in total. The van der Waals surface area contributed by atoms with Crippen LogP contribution in [-0.4, -0.2) is 30.8 Å². The number of nitrogens with one attached hydrogen (secondary N) is 1. The molecular formula is C23H21F6NO3. The van der Waals surface area contributed by atoms with E-state index < -0.39 is 52.1 Å². The van der Waals surface area contributed by atoms with Gasteiger partial charge < -0.3 is 15.2 Å². The summed E-state index contributed by atoms with van der Waals surface area (Å²) in [5.41, 5.74) is -4.60. The Morgan fingerprint density at radius 3 is 1.91 bits per heavy atom. The summed E-state index contributed by atoms with van der Waals surface area (Å²) in [6.07, 6.45) is -8.45. The summed E-state index contributed by atoms with van der Waals surface area (Å²) in [6.45, 7) is 0.128. The maximum Gasteiger partial charge on any atom is 0.416 e. The van der Waals surface area contributed by atoms with Crippen molar-refractivity contribution in [3.8, 4) is 0 Å². The first kappa shape index (κ1) is 24.8. The second kappa shape index (κ2) is 9.56. The van der Waals surface area contributed by atoms with Crippen LogP contribution in [0.1, 0.15) is 34.8 Å². The molecule has 1 aliphatic rings. The van der Waals surface area contributed by atoms with Crippen molar-refractivity contribution >= 4 is 5.97 Å². The van der Waals surface area contributed by atoms with Crippen LogP contribution in [0.25, 0.3) is 0 Å². The van der Waals surface area contributed by atoms with Crippen molar-refractivity contribution in [1.82, 2.24) is 5.32 Å². The lowest BCUT2D eigenvalue weighted by Gasteiger charge is -2.31. The summed E-state index contributed by atoms with van der Waals surface area (Å²) in [5, 5.41) is 12.5. The van der Waals surface area contributed by atoms with Gasteiger partial charge in [-0.2, -0.15) is 26.3 Å². The van der Waals surface area contributed by atoms with Gasteiger partial charge in [0.1, 0.15) is 11.5 Å². The SMILES string of the molecule is O=C(O)C1(CCOC(c2ccccc2C(F)(F)F)c2ccccc2C(F)(F)F)C=CCNC1. The Morgan fingerprint density at radius 2 is 1.48 bits per heavy atom. The molecule has 4 nitrogen and oxygen atoms in total. The van der Waals surface area contributed by atoms with E-state index >= 15 is 0 Å². The van der Waals surface area contributed by atoms with E-state index in [1.807, 2.05) is 0 Å². The van der Waals surface area contributed by atoms with Gasteiger partial charge in [0, 0.05) is 19.7 Å². The van der Waals surface area contributed by atoms with Crippen molar-refractivity contribution in [1.29, 1.82) is 0 Å². The molecule has 0 saturated carbocycles. The van der Waals surface area contributed by atoms with Crippen LogP contribution < -0.4 is 5.32 Å².